The zero-order chi connectivity index (χ0) is 35.7. The molecule has 3 aromatic carbocycles. The topological polar surface area (TPSA) is 51.6 Å². The Morgan fingerprint density at radius 1 is 0.510 bits per heavy atom. The average molecular weight is 679 g/mol. The number of unbranched alkanes of at least 4 members (excludes halogenated alkanes) is 10. The Kier molecular flexibility index (Phi) is 12.1. The SMILES string of the molecule is CCCCCCCCC1(CCCCCCCC)c2ccccc2-c2ccc(-c3ccc(-c4nc(-c5ccccc5)nc(C(C)(C)C)n4)cn3)cc21. The van der Waals surface area contributed by atoms with E-state index in [0.29, 0.717) is 11.6 Å². The van der Waals surface area contributed by atoms with Crippen molar-refractivity contribution >= 4 is 0 Å². The highest BCUT2D eigenvalue weighted by Gasteiger charge is 2.42. The molecule has 1 aliphatic carbocycles. The van der Waals surface area contributed by atoms with Crippen LogP contribution in [0.1, 0.15) is 141 Å². The summed E-state index contributed by atoms with van der Waals surface area (Å²) in [5.41, 5.74) is 9.79. The second-order valence-electron chi connectivity index (χ2n) is 15.8. The van der Waals surface area contributed by atoms with Crippen molar-refractivity contribution in [3.8, 4) is 45.2 Å². The number of nitrogens with zero attached hydrogens (tertiary/aromatic N) is 4. The van der Waals surface area contributed by atoms with Gasteiger partial charge in [0.25, 0.3) is 0 Å². The fourth-order valence-corrected chi connectivity index (χ4v) is 7.95. The molecule has 6 rings (SSSR count). The molecule has 4 heteroatoms. The highest BCUT2D eigenvalue weighted by Crippen LogP contribution is 2.55. The highest BCUT2D eigenvalue weighted by atomic mass is 15.0. The van der Waals surface area contributed by atoms with E-state index in [1.54, 1.807) is 5.56 Å². The Morgan fingerprint density at radius 3 is 1.71 bits per heavy atom. The normalized spacial score (nSPS) is 13.3. The van der Waals surface area contributed by atoms with Crippen LogP contribution < -0.4 is 0 Å². The zero-order valence-electron chi connectivity index (χ0n) is 31.8. The summed E-state index contributed by atoms with van der Waals surface area (Å²) >= 11 is 0. The molecule has 0 radical (unpaired) electrons. The van der Waals surface area contributed by atoms with E-state index in [1.165, 1.54) is 112 Å². The molecule has 51 heavy (non-hydrogen) atoms. The molecule has 0 unspecified atom stereocenters. The Hall–Kier alpha value is -4.18. The van der Waals surface area contributed by atoms with Crippen LogP contribution in [0.2, 0.25) is 0 Å². The van der Waals surface area contributed by atoms with Crippen LogP contribution in [0.15, 0.2) is 91.1 Å². The minimum atomic E-state index is -0.214. The molecule has 0 amide bonds. The van der Waals surface area contributed by atoms with Crippen LogP contribution in [0.25, 0.3) is 45.2 Å². The summed E-state index contributed by atoms with van der Waals surface area (Å²) < 4.78 is 0. The minimum absolute atomic E-state index is 0.0550. The molecule has 2 aromatic heterocycles. The third-order valence-electron chi connectivity index (χ3n) is 10.8. The lowest BCUT2D eigenvalue weighted by Crippen LogP contribution is -2.25. The van der Waals surface area contributed by atoms with Crippen LogP contribution >= 0.6 is 0 Å². The predicted molar refractivity (Wildman–Crippen MR) is 215 cm³/mol. The van der Waals surface area contributed by atoms with Crippen molar-refractivity contribution in [3.63, 3.8) is 0 Å². The number of pyridine rings is 1. The predicted octanol–water partition coefficient (Wildman–Crippen LogP) is 13.3. The lowest BCUT2D eigenvalue weighted by Gasteiger charge is -2.33. The molecule has 0 spiro atoms. The van der Waals surface area contributed by atoms with Gasteiger partial charge in [-0.3, -0.25) is 4.98 Å². The summed E-state index contributed by atoms with van der Waals surface area (Å²) in [5.74, 6) is 2.13. The molecule has 0 fully saturated rings. The molecule has 2 heterocycles. The first kappa shape index (κ1) is 36.6. The molecule has 0 saturated carbocycles. The molecule has 5 aromatic rings. The van der Waals surface area contributed by atoms with E-state index >= 15 is 0 Å². The Balaban J connectivity index is 1.33. The number of hydrogen-bond donors (Lipinski definition) is 0. The van der Waals surface area contributed by atoms with Gasteiger partial charge < -0.3 is 0 Å². The van der Waals surface area contributed by atoms with E-state index in [1.807, 2.05) is 24.4 Å². The first-order valence-corrected chi connectivity index (χ1v) is 19.9. The number of fused-ring (bicyclic) bond motifs is 3. The van der Waals surface area contributed by atoms with Crippen molar-refractivity contribution in [3.05, 3.63) is 108 Å². The number of aromatic nitrogens is 4. The highest BCUT2D eigenvalue weighted by molar-refractivity contribution is 5.83. The summed E-state index contributed by atoms with van der Waals surface area (Å²) in [7, 11) is 0. The molecule has 0 aliphatic heterocycles. The molecule has 0 bridgehead atoms. The third kappa shape index (κ3) is 8.49. The van der Waals surface area contributed by atoms with Gasteiger partial charge in [0.2, 0.25) is 0 Å². The Bertz CT molecular complexity index is 1840. The molecular weight excluding hydrogens is 621 g/mol. The number of rotatable bonds is 17. The van der Waals surface area contributed by atoms with Gasteiger partial charge in [0, 0.05) is 33.7 Å². The fraction of sp³-hybridized carbons (Fsp3) is 0.447. The van der Waals surface area contributed by atoms with E-state index < -0.39 is 0 Å². The summed E-state index contributed by atoms with van der Waals surface area (Å²) in [6.07, 6.45) is 20.2. The summed E-state index contributed by atoms with van der Waals surface area (Å²) in [4.78, 5) is 19.8. The van der Waals surface area contributed by atoms with E-state index in [0.717, 1.165) is 22.6 Å². The van der Waals surface area contributed by atoms with Crippen LogP contribution in [0.3, 0.4) is 0 Å². The molecule has 0 N–H and O–H groups in total. The first-order chi connectivity index (χ1) is 24.8. The van der Waals surface area contributed by atoms with E-state index in [-0.39, 0.29) is 10.8 Å². The lowest BCUT2D eigenvalue weighted by atomic mass is 9.70. The minimum Gasteiger partial charge on any atom is -0.255 e. The maximum Gasteiger partial charge on any atom is 0.165 e. The summed E-state index contributed by atoms with van der Waals surface area (Å²) in [5, 5.41) is 0. The molecule has 4 nitrogen and oxygen atoms in total. The van der Waals surface area contributed by atoms with Crippen molar-refractivity contribution in [2.24, 2.45) is 0 Å². The van der Waals surface area contributed by atoms with Crippen LogP contribution in [0.4, 0.5) is 0 Å². The Morgan fingerprint density at radius 2 is 1.08 bits per heavy atom. The van der Waals surface area contributed by atoms with E-state index in [9.17, 15) is 0 Å². The first-order valence-electron chi connectivity index (χ1n) is 19.9. The molecule has 266 valence electrons. The summed E-state index contributed by atoms with van der Waals surface area (Å²) in [6, 6.07) is 30.8. The van der Waals surface area contributed by atoms with Crippen molar-refractivity contribution in [1.82, 2.24) is 19.9 Å². The van der Waals surface area contributed by atoms with Crippen LogP contribution in [-0.4, -0.2) is 19.9 Å². The van der Waals surface area contributed by atoms with Gasteiger partial charge in [-0.25, -0.2) is 15.0 Å². The van der Waals surface area contributed by atoms with Crippen LogP contribution in [0.5, 0.6) is 0 Å². The maximum atomic E-state index is 5.05. The van der Waals surface area contributed by atoms with Crippen LogP contribution in [-0.2, 0) is 10.8 Å². The van der Waals surface area contributed by atoms with Crippen molar-refractivity contribution < 1.29 is 0 Å². The monoisotopic (exact) mass is 678 g/mol. The lowest BCUT2D eigenvalue weighted by molar-refractivity contribution is 0.398. The smallest absolute Gasteiger partial charge is 0.165 e. The van der Waals surface area contributed by atoms with Gasteiger partial charge in [-0.15, -0.1) is 0 Å². The molecule has 0 saturated heterocycles. The van der Waals surface area contributed by atoms with Gasteiger partial charge in [0.05, 0.1) is 5.69 Å². The molecule has 0 atom stereocenters. The van der Waals surface area contributed by atoms with Crippen LogP contribution in [0, 0.1) is 0 Å². The second-order valence-corrected chi connectivity index (χ2v) is 15.8. The fourth-order valence-electron chi connectivity index (χ4n) is 7.95. The average Bonchev–Trinajstić information content (AvgIpc) is 3.43. The quantitative estimate of drug-likeness (QED) is 0.0919. The van der Waals surface area contributed by atoms with Gasteiger partial charge in [0.1, 0.15) is 5.82 Å². The van der Waals surface area contributed by atoms with Gasteiger partial charge in [-0.2, -0.15) is 0 Å². The number of benzene rings is 3. The van der Waals surface area contributed by atoms with Gasteiger partial charge >= 0.3 is 0 Å². The van der Waals surface area contributed by atoms with E-state index in [2.05, 4.69) is 101 Å². The Labute approximate surface area is 307 Å². The van der Waals surface area contributed by atoms with Gasteiger partial charge in [0.15, 0.2) is 11.6 Å². The standard InChI is InChI=1S/C47H58N4/c1-6-8-10-12-14-21-31-47(32-22-15-13-11-9-7-2)40-26-20-19-25-38(40)39-29-27-36(33-41(39)47)42-30-28-37(34-48-42)44-49-43(35-23-17-16-18-24-35)50-45(51-44)46(3,4)5/h16-20,23-30,33-34H,6-15,21-22,31-32H2,1-5H3. The van der Waals surface area contributed by atoms with Crippen molar-refractivity contribution in [2.75, 3.05) is 0 Å². The summed E-state index contributed by atoms with van der Waals surface area (Å²) in [6.45, 7) is 11.0. The maximum absolute atomic E-state index is 5.05. The van der Waals surface area contributed by atoms with Crippen molar-refractivity contribution in [2.45, 2.75) is 135 Å². The molecular formula is C47H58N4. The zero-order valence-corrected chi connectivity index (χ0v) is 31.8. The van der Waals surface area contributed by atoms with Gasteiger partial charge in [-0.05, 0) is 53.3 Å². The van der Waals surface area contributed by atoms with Gasteiger partial charge in [-0.1, -0.05) is 178 Å². The van der Waals surface area contributed by atoms with Crippen molar-refractivity contribution in [1.29, 1.82) is 0 Å². The van der Waals surface area contributed by atoms with E-state index in [4.69, 9.17) is 19.9 Å². The molecule has 1 aliphatic rings. The third-order valence-corrected chi connectivity index (χ3v) is 10.8. The number of hydrogen-bond acceptors (Lipinski definition) is 4. The largest absolute Gasteiger partial charge is 0.255 e. The second kappa shape index (κ2) is 16.9.